The predicted molar refractivity (Wildman–Crippen MR) is 98.9 cm³/mol. The molecule has 0 radical (unpaired) electrons. The SMILES string of the molecule is Cc1ccc(NC(=O)c2cc(COc3cccc(F)c3)cs2)c(C)c1. The Bertz CT molecular complexity index is 904. The largest absolute Gasteiger partial charge is 0.489 e. The van der Waals surface area contributed by atoms with Crippen LogP contribution in [0.25, 0.3) is 0 Å². The Morgan fingerprint density at radius 3 is 2.76 bits per heavy atom. The highest BCUT2D eigenvalue weighted by atomic mass is 32.1. The fourth-order valence-electron chi connectivity index (χ4n) is 2.43. The molecule has 1 N–H and O–H groups in total. The number of benzene rings is 2. The number of hydrogen-bond donors (Lipinski definition) is 1. The molecule has 0 aliphatic heterocycles. The number of amides is 1. The van der Waals surface area contributed by atoms with Crippen LogP contribution in [-0.2, 0) is 6.61 Å². The van der Waals surface area contributed by atoms with Gasteiger partial charge in [0.2, 0.25) is 0 Å². The highest BCUT2D eigenvalue weighted by Gasteiger charge is 2.11. The first kappa shape index (κ1) is 17.2. The van der Waals surface area contributed by atoms with Gasteiger partial charge in [-0.1, -0.05) is 23.8 Å². The quantitative estimate of drug-likeness (QED) is 0.671. The third-order valence-electron chi connectivity index (χ3n) is 3.71. The zero-order valence-electron chi connectivity index (χ0n) is 14.0. The number of thiophene rings is 1. The lowest BCUT2D eigenvalue weighted by Crippen LogP contribution is -2.11. The molecule has 1 aromatic heterocycles. The molecule has 0 saturated heterocycles. The Labute approximate surface area is 150 Å². The van der Waals surface area contributed by atoms with Crippen molar-refractivity contribution >= 4 is 22.9 Å². The van der Waals surface area contributed by atoms with Crippen LogP contribution in [0.1, 0.15) is 26.4 Å². The van der Waals surface area contributed by atoms with Crippen LogP contribution in [0.3, 0.4) is 0 Å². The lowest BCUT2D eigenvalue weighted by molar-refractivity contribution is 0.103. The van der Waals surface area contributed by atoms with E-state index in [0.29, 0.717) is 10.6 Å². The summed E-state index contributed by atoms with van der Waals surface area (Å²) in [4.78, 5) is 13.0. The molecule has 2 aromatic carbocycles. The van der Waals surface area contributed by atoms with Crippen LogP contribution >= 0.6 is 11.3 Å². The van der Waals surface area contributed by atoms with Gasteiger partial charge in [0, 0.05) is 17.3 Å². The van der Waals surface area contributed by atoms with Crippen LogP contribution in [0, 0.1) is 19.7 Å². The normalized spacial score (nSPS) is 10.5. The smallest absolute Gasteiger partial charge is 0.265 e. The molecule has 1 heterocycles. The fraction of sp³-hybridized carbons (Fsp3) is 0.150. The Hall–Kier alpha value is -2.66. The zero-order valence-corrected chi connectivity index (χ0v) is 14.8. The van der Waals surface area contributed by atoms with E-state index in [1.807, 2.05) is 37.4 Å². The van der Waals surface area contributed by atoms with E-state index in [-0.39, 0.29) is 18.3 Å². The first-order valence-electron chi connectivity index (χ1n) is 7.85. The maximum atomic E-state index is 13.1. The van der Waals surface area contributed by atoms with Crippen molar-refractivity contribution in [3.63, 3.8) is 0 Å². The lowest BCUT2D eigenvalue weighted by Gasteiger charge is -2.08. The highest BCUT2D eigenvalue weighted by Crippen LogP contribution is 2.21. The number of rotatable bonds is 5. The van der Waals surface area contributed by atoms with Gasteiger partial charge < -0.3 is 10.1 Å². The van der Waals surface area contributed by atoms with Gasteiger partial charge in [0.05, 0.1) is 4.88 Å². The predicted octanol–water partition coefficient (Wildman–Crippen LogP) is 5.34. The third kappa shape index (κ3) is 4.45. The molecule has 1 amide bonds. The van der Waals surface area contributed by atoms with Crippen molar-refractivity contribution in [2.24, 2.45) is 0 Å². The van der Waals surface area contributed by atoms with Gasteiger partial charge in [0.25, 0.3) is 5.91 Å². The summed E-state index contributed by atoms with van der Waals surface area (Å²) in [6.07, 6.45) is 0. The van der Waals surface area contributed by atoms with E-state index < -0.39 is 0 Å². The maximum absolute atomic E-state index is 13.1. The summed E-state index contributed by atoms with van der Waals surface area (Å²) in [5.41, 5.74) is 3.87. The summed E-state index contributed by atoms with van der Waals surface area (Å²) < 4.78 is 18.7. The molecule has 0 unspecified atom stereocenters. The lowest BCUT2D eigenvalue weighted by atomic mass is 10.1. The summed E-state index contributed by atoms with van der Waals surface area (Å²) in [6, 6.07) is 13.7. The average Bonchev–Trinajstić information content (AvgIpc) is 3.05. The van der Waals surface area contributed by atoms with E-state index >= 15 is 0 Å². The topological polar surface area (TPSA) is 38.3 Å². The van der Waals surface area contributed by atoms with Gasteiger partial charge >= 0.3 is 0 Å². The van der Waals surface area contributed by atoms with Gasteiger partial charge in [0.15, 0.2) is 0 Å². The van der Waals surface area contributed by atoms with Gasteiger partial charge in [0.1, 0.15) is 18.2 Å². The van der Waals surface area contributed by atoms with Crippen LogP contribution in [0.5, 0.6) is 5.75 Å². The second-order valence-electron chi connectivity index (χ2n) is 5.84. The molecule has 25 heavy (non-hydrogen) atoms. The van der Waals surface area contributed by atoms with Gasteiger partial charge in [-0.3, -0.25) is 4.79 Å². The van der Waals surface area contributed by atoms with Gasteiger partial charge in [-0.05, 0) is 49.1 Å². The van der Waals surface area contributed by atoms with Crippen LogP contribution in [0.4, 0.5) is 10.1 Å². The Morgan fingerprint density at radius 2 is 2.00 bits per heavy atom. The number of ether oxygens (including phenoxy) is 1. The number of carbonyl (C=O) groups is 1. The summed E-state index contributed by atoms with van der Waals surface area (Å²) in [5, 5.41) is 4.80. The maximum Gasteiger partial charge on any atom is 0.265 e. The molecule has 5 heteroatoms. The summed E-state index contributed by atoms with van der Waals surface area (Å²) in [7, 11) is 0. The molecule has 3 nitrogen and oxygen atoms in total. The summed E-state index contributed by atoms with van der Waals surface area (Å²) in [6.45, 7) is 4.27. The van der Waals surface area contributed by atoms with Crippen molar-refractivity contribution in [3.05, 3.63) is 81.3 Å². The van der Waals surface area contributed by atoms with Gasteiger partial charge in [-0.2, -0.15) is 0 Å². The molecule has 0 aliphatic carbocycles. The molecule has 3 aromatic rings. The third-order valence-corrected chi connectivity index (χ3v) is 4.69. The molecule has 0 saturated carbocycles. The van der Waals surface area contributed by atoms with E-state index in [9.17, 15) is 9.18 Å². The zero-order chi connectivity index (χ0) is 17.8. The molecule has 0 spiro atoms. The first-order valence-corrected chi connectivity index (χ1v) is 8.73. The highest BCUT2D eigenvalue weighted by molar-refractivity contribution is 7.12. The molecule has 0 fully saturated rings. The second kappa shape index (κ2) is 7.49. The number of nitrogens with one attached hydrogen (secondary N) is 1. The van der Waals surface area contributed by atoms with Crippen molar-refractivity contribution in [2.45, 2.75) is 20.5 Å². The summed E-state index contributed by atoms with van der Waals surface area (Å²) >= 11 is 1.36. The Kier molecular flexibility index (Phi) is 5.14. The molecular weight excluding hydrogens is 337 g/mol. The minimum atomic E-state index is -0.337. The summed E-state index contributed by atoms with van der Waals surface area (Å²) in [5.74, 6) is -0.0159. The number of halogens is 1. The number of hydrogen-bond acceptors (Lipinski definition) is 3. The van der Waals surface area contributed by atoms with Crippen molar-refractivity contribution in [1.82, 2.24) is 0 Å². The number of aryl methyl sites for hydroxylation is 2. The minimum absolute atomic E-state index is 0.144. The van der Waals surface area contributed by atoms with E-state index in [1.165, 1.54) is 23.5 Å². The molecular formula is C20H18FNO2S. The van der Waals surface area contributed by atoms with E-state index in [0.717, 1.165) is 22.4 Å². The average molecular weight is 355 g/mol. The van der Waals surface area contributed by atoms with Crippen LogP contribution in [0.2, 0.25) is 0 Å². The van der Waals surface area contributed by atoms with E-state index in [4.69, 9.17) is 4.74 Å². The fourth-order valence-corrected chi connectivity index (χ4v) is 3.22. The number of carbonyl (C=O) groups excluding carboxylic acids is 1. The molecule has 3 rings (SSSR count). The standard InChI is InChI=1S/C20H18FNO2S/c1-13-6-7-18(14(2)8-13)22-20(23)19-9-15(12-25-19)11-24-17-5-3-4-16(21)10-17/h3-10,12H,11H2,1-2H3,(H,22,23). The van der Waals surface area contributed by atoms with Crippen molar-refractivity contribution in [2.75, 3.05) is 5.32 Å². The van der Waals surface area contributed by atoms with Crippen molar-refractivity contribution < 1.29 is 13.9 Å². The molecule has 0 aliphatic rings. The first-order chi connectivity index (χ1) is 12.0. The molecule has 0 atom stereocenters. The Morgan fingerprint density at radius 1 is 1.16 bits per heavy atom. The molecule has 128 valence electrons. The Balaban J connectivity index is 1.63. The van der Waals surface area contributed by atoms with E-state index in [1.54, 1.807) is 18.2 Å². The minimum Gasteiger partial charge on any atom is -0.489 e. The number of anilines is 1. The monoisotopic (exact) mass is 355 g/mol. The van der Waals surface area contributed by atoms with Crippen molar-refractivity contribution in [3.8, 4) is 5.75 Å². The molecule has 0 bridgehead atoms. The second-order valence-corrected chi connectivity index (χ2v) is 6.75. The van der Waals surface area contributed by atoms with E-state index in [2.05, 4.69) is 5.32 Å². The van der Waals surface area contributed by atoms with Gasteiger partial charge in [-0.15, -0.1) is 11.3 Å². The van der Waals surface area contributed by atoms with Gasteiger partial charge in [-0.25, -0.2) is 4.39 Å². The van der Waals surface area contributed by atoms with Crippen LogP contribution in [0.15, 0.2) is 53.9 Å². The van der Waals surface area contributed by atoms with Crippen LogP contribution < -0.4 is 10.1 Å². The van der Waals surface area contributed by atoms with Crippen LogP contribution in [-0.4, -0.2) is 5.91 Å². The van der Waals surface area contributed by atoms with Crippen molar-refractivity contribution in [1.29, 1.82) is 0 Å².